The Kier molecular flexibility index (Phi) is 6.85. The van der Waals surface area contributed by atoms with Crippen molar-refractivity contribution in [2.45, 2.75) is 17.3 Å². The monoisotopic (exact) mass is 485 g/mol. The number of halogens is 1. The van der Waals surface area contributed by atoms with Crippen molar-refractivity contribution in [2.75, 3.05) is 19.5 Å². The molecule has 4 aromatic rings. The number of rotatable bonds is 8. The Morgan fingerprint density at radius 2 is 1.73 bits per heavy atom. The molecule has 0 aliphatic carbocycles. The number of anilines is 1. The minimum atomic E-state index is -0.502. The number of ether oxygens (including phenoxy) is 2. The first-order valence-electron chi connectivity index (χ1n) is 9.82. The number of fused-ring (bicyclic) bond motifs is 1. The number of thioether (sulfide) groups is 1. The molecule has 9 nitrogen and oxygen atoms in total. The minimum absolute atomic E-state index is 0.269. The molecule has 0 fully saturated rings. The third kappa shape index (κ3) is 5.47. The summed E-state index contributed by atoms with van der Waals surface area (Å²) < 4.78 is 12.7. The molecule has 0 saturated carbocycles. The lowest BCUT2D eigenvalue weighted by Gasteiger charge is -2.09. The highest BCUT2D eigenvalue weighted by Gasteiger charge is 2.13. The molecule has 0 radical (unpaired) electrons. The summed E-state index contributed by atoms with van der Waals surface area (Å²) in [6.07, 6.45) is 0. The third-order valence-electron chi connectivity index (χ3n) is 4.64. The van der Waals surface area contributed by atoms with Crippen molar-refractivity contribution in [1.82, 2.24) is 19.4 Å². The quantitative estimate of drug-likeness (QED) is 0.381. The summed E-state index contributed by atoms with van der Waals surface area (Å²) in [5, 5.41) is 12.6. The van der Waals surface area contributed by atoms with Gasteiger partial charge in [0.05, 0.1) is 14.2 Å². The number of carbonyl (C=O) groups excluding carboxylic acids is 1. The zero-order valence-corrected chi connectivity index (χ0v) is 19.4. The van der Waals surface area contributed by atoms with Crippen LogP contribution in [0.1, 0.15) is 5.56 Å². The largest absolute Gasteiger partial charge is 0.497 e. The van der Waals surface area contributed by atoms with Crippen LogP contribution in [0, 0.1) is 0 Å². The molecule has 1 amide bonds. The average molecular weight is 486 g/mol. The Morgan fingerprint density at radius 1 is 1.03 bits per heavy atom. The average Bonchev–Trinajstić information content (AvgIpc) is 3.12. The van der Waals surface area contributed by atoms with Crippen LogP contribution in [0.5, 0.6) is 11.5 Å². The summed E-state index contributed by atoms with van der Waals surface area (Å²) in [6, 6.07) is 16.0. The summed E-state index contributed by atoms with van der Waals surface area (Å²) in [5.41, 5.74) is 1.41. The van der Waals surface area contributed by atoms with E-state index in [0.29, 0.717) is 38.6 Å². The highest BCUT2D eigenvalue weighted by molar-refractivity contribution is 7.98. The van der Waals surface area contributed by atoms with Crippen LogP contribution in [0.25, 0.3) is 5.65 Å². The second-order valence-electron chi connectivity index (χ2n) is 6.95. The maximum Gasteiger partial charge on any atom is 0.367 e. The number of methoxy groups -OCH3 is 2. The lowest BCUT2D eigenvalue weighted by Crippen LogP contribution is -2.28. The third-order valence-corrected chi connectivity index (χ3v) is 5.89. The smallest absolute Gasteiger partial charge is 0.367 e. The number of aromatic nitrogens is 4. The number of hydrogen-bond donors (Lipinski definition) is 1. The molecule has 2 aromatic carbocycles. The number of carbonyl (C=O) groups is 1. The molecule has 0 aliphatic heterocycles. The van der Waals surface area contributed by atoms with Crippen LogP contribution >= 0.6 is 23.4 Å². The molecule has 0 aliphatic rings. The van der Waals surface area contributed by atoms with E-state index < -0.39 is 11.6 Å². The lowest BCUT2D eigenvalue weighted by atomic mass is 10.2. The van der Waals surface area contributed by atoms with E-state index in [1.54, 1.807) is 30.3 Å². The fourth-order valence-corrected chi connectivity index (χ4v) is 3.96. The van der Waals surface area contributed by atoms with Gasteiger partial charge in [-0.2, -0.15) is 9.61 Å². The second kappa shape index (κ2) is 9.97. The van der Waals surface area contributed by atoms with Gasteiger partial charge in [0.25, 0.3) is 0 Å². The van der Waals surface area contributed by atoms with Gasteiger partial charge >= 0.3 is 5.69 Å². The molecule has 170 valence electrons. The summed E-state index contributed by atoms with van der Waals surface area (Å²) in [6.45, 7) is -0.269. The number of amides is 1. The molecular weight excluding hydrogens is 466 g/mol. The molecule has 2 heterocycles. The van der Waals surface area contributed by atoms with Gasteiger partial charge in [0.2, 0.25) is 5.91 Å². The summed E-state index contributed by atoms with van der Waals surface area (Å²) in [4.78, 5) is 25.3. The Labute approximate surface area is 198 Å². The van der Waals surface area contributed by atoms with E-state index in [0.717, 1.165) is 10.2 Å². The predicted octanol–water partition coefficient (Wildman–Crippen LogP) is 3.49. The van der Waals surface area contributed by atoms with Crippen LogP contribution in [0.3, 0.4) is 0 Å². The number of hydrogen-bond acceptors (Lipinski definition) is 7. The Balaban J connectivity index is 1.47. The van der Waals surface area contributed by atoms with E-state index in [1.165, 1.54) is 30.5 Å². The zero-order valence-electron chi connectivity index (χ0n) is 17.8. The number of nitrogens with one attached hydrogen (secondary N) is 1. The molecule has 11 heteroatoms. The van der Waals surface area contributed by atoms with Crippen LogP contribution in [-0.2, 0) is 17.1 Å². The van der Waals surface area contributed by atoms with Crippen LogP contribution in [0.15, 0.2) is 64.4 Å². The zero-order chi connectivity index (χ0) is 23.4. The minimum Gasteiger partial charge on any atom is -0.497 e. The van der Waals surface area contributed by atoms with Crippen LogP contribution in [0.2, 0.25) is 5.02 Å². The lowest BCUT2D eigenvalue weighted by molar-refractivity contribution is -0.117. The van der Waals surface area contributed by atoms with Crippen LogP contribution < -0.4 is 20.5 Å². The maximum atomic E-state index is 12.7. The van der Waals surface area contributed by atoms with Crippen LogP contribution in [0.4, 0.5) is 5.69 Å². The van der Waals surface area contributed by atoms with Gasteiger partial charge in [-0.3, -0.25) is 4.79 Å². The Morgan fingerprint density at radius 3 is 2.39 bits per heavy atom. The van der Waals surface area contributed by atoms with Crippen molar-refractivity contribution in [3.8, 4) is 11.5 Å². The van der Waals surface area contributed by atoms with E-state index in [1.807, 2.05) is 24.3 Å². The Bertz CT molecular complexity index is 1330. The fourth-order valence-electron chi connectivity index (χ4n) is 3.03. The first-order chi connectivity index (χ1) is 15.9. The van der Waals surface area contributed by atoms with Crippen LogP contribution in [-0.4, -0.2) is 39.5 Å². The van der Waals surface area contributed by atoms with Crippen molar-refractivity contribution in [1.29, 1.82) is 0 Å². The van der Waals surface area contributed by atoms with Crippen molar-refractivity contribution < 1.29 is 14.3 Å². The second-order valence-corrected chi connectivity index (χ2v) is 8.38. The molecule has 0 atom stereocenters. The highest BCUT2D eigenvalue weighted by atomic mass is 35.5. The number of nitrogens with zero attached hydrogens (tertiary/aromatic N) is 4. The van der Waals surface area contributed by atoms with E-state index in [2.05, 4.69) is 15.5 Å². The molecule has 1 N–H and O–H groups in total. The van der Waals surface area contributed by atoms with Gasteiger partial charge in [-0.25, -0.2) is 9.48 Å². The molecule has 0 spiro atoms. The van der Waals surface area contributed by atoms with Crippen molar-refractivity contribution in [3.63, 3.8) is 0 Å². The van der Waals surface area contributed by atoms with E-state index in [-0.39, 0.29) is 6.54 Å². The van der Waals surface area contributed by atoms with E-state index in [4.69, 9.17) is 21.1 Å². The highest BCUT2D eigenvalue weighted by Crippen LogP contribution is 2.26. The molecule has 0 bridgehead atoms. The van der Waals surface area contributed by atoms with Gasteiger partial charge in [0, 0.05) is 34.7 Å². The standard InChI is InChI=1S/C22H20ClN5O4S/c1-31-17-9-16(10-18(11-17)32-2)24-20(29)12-27-22(30)28-19(25-27)7-8-21(26-28)33-13-14-3-5-15(23)6-4-14/h3-11H,12-13H2,1-2H3,(H,24,29). The molecule has 2 aromatic heterocycles. The molecular formula is C22H20ClN5O4S. The summed E-state index contributed by atoms with van der Waals surface area (Å²) in [7, 11) is 3.04. The van der Waals surface area contributed by atoms with Crippen molar-refractivity contribution in [3.05, 3.63) is 75.7 Å². The molecule has 0 saturated heterocycles. The molecule has 4 rings (SSSR count). The molecule has 33 heavy (non-hydrogen) atoms. The number of benzene rings is 2. The SMILES string of the molecule is COc1cc(NC(=O)Cn2nc3ccc(SCc4ccc(Cl)cc4)nn3c2=O)cc(OC)c1. The predicted molar refractivity (Wildman–Crippen MR) is 126 cm³/mol. The van der Waals surface area contributed by atoms with Gasteiger partial charge < -0.3 is 14.8 Å². The summed E-state index contributed by atoms with van der Waals surface area (Å²) in [5.74, 6) is 1.31. The van der Waals surface area contributed by atoms with Gasteiger partial charge in [-0.05, 0) is 29.8 Å². The van der Waals surface area contributed by atoms with Gasteiger partial charge in [-0.1, -0.05) is 35.5 Å². The Hall–Kier alpha value is -3.50. The summed E-state index contributed by atoms with van der Waals surface area (Å²) >= 11 is 7.40. The topological polar surface area (TPSA) is 99.7 Å². The van der Waals surface area contributed by atoms with Gasteiger partial charge in [0.15, 0.2) is 5.65 Å². The van der Waals surface area contributed by atoms with Crippen molar-refractivity contribution in [2.24, 2.45) is 0 Å². The van der Waals surface area contributed by atoms with Gasteiger partial charge in [-0.15, -0.1) is 5.10 Å². The first kappa shape index (κ1) is 22.7. The fraction of sp³-hybridized carbons (Fsp3) is 0.182. The maximum absolute atomic E-state index is 12.7. The van der Waals surface area contributed by atoms with E-state index >= 15 is 0 Å². The first-order valence-corrected chi connectivity index (χ1v) is 11.2. The van der Waals surface area contributed by atoms with Gasteiger partial charge in [0.1, 0.15) is 23.1 Å². The van der Waals surface area contributed by atoms with Crippen molar-refractivity contribution >= 4 is 40.6 Å². The molecule has 0 unspecified atom stereocenters. The normalized spacial score (nSPS) is 10.9. The van der Waals surface area contributed by atoms with E-state index in [9.17, 15) is 9.59 Å².